The number of rotatable bonds is 6. The molecule has 4 heterocycles. The number of carbonyl (C=O) groups excluding carboxylic acids is 1. The highest BCUT2D eigenvalue weighted by Crippen LogP contribution is 2.23. The molecule has 35 heavy (non-hydrogen) atoms. The maximum Gasteiger partial charge on any atom is 0.243 e. The van der Waals surface area contributed by atoms with Crippen LogP contribution in [0.25, 0.3) is 11.0 Å². The maximum atomic E-state index is 12.8. The molecule has 2 aliphatic rings. The highest BCUT2D eigenvalue weighted by atomic mass is 32.2. The Labute approximate surface area is 204 Å². The number of aryl methyl sites for hydroxylation is 2. The molecule has 5 rings (SSSR count). The van der Waals surface area contributed by atoms with Gasteiger partial charge in [0.2, 0.25) is 15.9 Å². The molecule has 0 unspecified atom stereocenters. The zero-order chi connectivity index (χ0) is 24.4. The molecule has 3 aromatic rings. The van der Waals surface area contributed by atoms with E-state index in [2.05, 4.69) is 20.0 Å². The van der Waals surface area contributed by atoms with Gasteiger partial charge in [-0.1, -0.05) is 12.1 Å². The monoisotopic (exact) mass is 499 g/mol. The fraction of sp³-hybridized carbons (Fsp3) is 0.478. The summed E-state index contributed by atoms with van der Waals surface area (Å²) in [6.45, 7) is 4.22. The van der Waals surface area contributed by atoms with Gasteiger partial charge in [0.05, 0.1) is 29.7 Å². The highest BCUT2D eigenvalue weighted by molar-refractivity contribution is 7.89. The molecule has 2 aliphatic heterocycles. The predicted molar refractivity (Wildman–Crippen MR) is 129 cm³/mol. The van der Waals surface area contributed by atoms with Crippen LogP contribution in [0.2, 0.25) is 0 Å². The highest BCUT2D eigenvalue weighted by Gasteiger charge is 2.26. The van der Waals surface area contributed by atoms with Crippen molar-refractivity contribution in [2.24, 2.45) is 7.05 Å². The number of nitrogens with zero attached hydrogens (tertiary/aromatic N) is 7. The Morgan fingerprint density at radius 1 is 1.00 bits per heavy atom. The third-order valence-corrected chi connectivity index (χ3v) is 8.51. The quantitative estimate of drug-likeness (QED) is 0.486. The van der Waals surface area contributed by atoms with Crippen molar-refractivity contribution in [3.05, 3.63) is 42.4 Å². The van der Waals surface area contributed by atoms with Crippen LogP contribution in [0.1, 0.15) is 12.0 Å². The number of hydrogen-bond acceptors (Lipinski definition) is 8. The Balaban J connectivity index is 1.14. The van der Waals surface area contributed by atoms with Crippen LogP contribution in [0.15, 0.2) is 41.7 Å². The first-order valence-corrected chi connectivity index (χ1v) is 13.2. The molecule has 2 fully saturated rings. The van der Waals surface area contributed by atoms with E-state index in [-0.39, 0.29) is 10.8 Å². The number of anilines is 1. The van der Waals surface area contributed by atoms with Gasteiger partial charge in [-0.15, -0.1) is 0 Å². The Hall–Kier alpha value is -3.09. The van der Waals surface area contributed by atoms with Crippen molar-refractivity contribution in [1.29, 1.82) is 0 Å². The molecule has 0 bridgehead atoms. The molecule has 0 atom stereocenters. The number of morpholine rings is 1. The number of piperazine rings is 1. The fourth-order valence-electron chi connectivity index (χ4n) is 4.54. The van der Waals surface area contributed by atoms with Gasteiger partial charge in [-0.3, -0.25) is 9.48 Å². The topological polar surface area (TPSA) is 114 Å². The van der Waals surface area contributed by atoms with Gasteiger partial charge in [0.1, 0.15) is 12.1 Å². The average molecular weight is 500 g/mol. The number of hydrogen-bond donors (Lipinski definition) is 0. The normalized spacial score (nSPS) is 17.7. The van der Waals surface area contributed by atoms with Gasteiger partial charge in [0, 0.05) is 52.7 Å². The minimum Gasteiger partial charge on any atom is -0.379 e. The molecular weight excluding hydrogens is 470 g/mol. The largest absolute Gasteiger partial charge is 0.379 e. The summed E-state index contributed by atoms with van der Waals surface area (Å²) in [7, 11) is -1.66. The van der Waals surface area contributed by atoms with Crippen molar-refractivity contribution in [2.45, 2.75) is 17.7 Å². The third-order valence-electron chi connectivity index (χ3n) is 6.60. The number of aromatic nitrogens is 4. The molecule has 0 radical (unpaired) electrons. The third kappa shape index (κ3) is 4.86. The number of amides is 1. The summed E-state index contributed by atoms with van der Waals surface area (Å²) in [6.07, 6.45) is 4.28. The van der Waals surface area contributed by atoms with E-state index in [9.17, 15) is 13.2 Å². The first kappa shape index (κ1) is 23.6. The lowest BCUT2D eigenvalue weighted by Crippen LogP contribution is -2.49. The molecule has 1 aromatic carbocycles. The van der Waals surface area contributed by atoms with Crippen molar-refractivity contribution in [1.82, 2.24) is 29.0 Å². The number of benzene rings is 1. The standard InChI is InChI=1S/C23H29N7O4S/c1-27-22-20(16-26-27)23(25-17-24-22)29-10-8-28(9-11-29)21(31)7-4-18-2-5-19(6-3-18)35(32,33)30-12-14-34-15-13-30/h2-3,5-6,16-17H,4,7-15H2,1H3. The lowest BCUT2D eigenvalue weighted by molar-refractivity contribution is -0.131. The zero-order valence-corrected chi connectivity index (χ0v) is 20.5. The molecule has 11 nitrogen and oxygen atoms in total. The Morgan fingerprint density at radius 2 is 1.71 bits per heavy atom. The van der Waals surface area contributed by atoms with Gasteiger partial charge in [-0.2, -0.15) is 9.40 Å². The van der Waals surface area contributed by atoms with E-state index in [1.54, 1.807) is 41.5 Å². The van der Waals surface area contributed by atoms with Gasteiger partial charge in [-0.05, 0) is 24.1 Å². The van der Waals surface area contributed by atoms with E-state index in [0.717, 1.165) is 22.4 Å². The molecule has 186 valence electrons. The van der Waals surface area contributed by atoms with Crippen molar-refractivity contribution in [2.75, 3.05) is 57.4 Å². The van der Waals surface area contributed by atoms with Crippen molar-refractivity contribution < 1.29 is 17.9 Å². The van der Waals surface area contributed by atoms with Crippen LogP contribution in [0.3, 0.4) is 0 Å². The lowest BCUT2D eigenvalue weighted by atomic mass is 10.1. The summed E-state index contributed by atoms with van der Waals surface area (Å²) < 4.78 is 34.0. The second kappa shape index (κ2) is 9.88. The summed E-state index contributed by atoms with van der Waals surface area (Å²) >= 11 is 0. The number of carbonyl (C=O) groups is 1. The van der Waals surface area contributed by atoms with E-state index in [1.165, 1.54) is 4.31 Å². The number of sulfonamides is 1. The Morgan fingerprint density at radius 3 is 2.43 bits per heavy atom. The van der Waals surface area contributed by atoms with Crippen LogP contribution in [-0.2, 0) is 33.0 Å². The Kier molecular flexibility index (Phi) is 6.67. The van der Waals surface area contributed by atoms with E-state index in [1.807, 2.05) is 11.9 Å². The molecule has 0 aliphatic carbocycles. The number of ether oxygens (including phenoxy) is 1. The van der Waals surface area contributed by atoms with Crippen LogP contribution in [0.5, 0.6) is 0 Å². The average Bonchev–Trinajstić information content (AvgIpc) is 3.29. The van der Waals surface area contributed by atoms with Crippen LogP contribution in [0.4, 0.5) is 5.82 Å². The van der Waals surface area contributed by atoms with Gasteiger partial charge in [-0.25, -0.2) is 18.4 Å². The zero-order valence-electron chi connectivity index (χ0n) is 19.7. The molecular formula is C23H29N7O4S. The molecule has 0 spiro atoms. The molecule has 0 saturated carbocycles. The predicted octanol–water partition coefficient (Wildman–Crippen LogP) is 0.666. The van der Waals surface area contributed by atoms with E-state index < -0.39 is 10.0 Å². The van der Waals surface area contributed by atoms with Gasteiger partial charge in [0.15, 0.2) is 5.65 Å². The minimum absolute atomic E-state index is 0.101. The minimum atomic E-state index is -3.51. The molecule has 12 heteroatoms. The fourth-order valence-corrected chi connectivity index (χ4v) is 5.95. The smallest absolute Gasteiger partial charge is 0.243 e. The van der Waals surface area contributed by atoms with Crippen LogP contribution >= 0.6 is 0 Å². The number of fused-ring (bicyclic) bond motifs is 1. The van der Waals surface area contributed by atoms with Crippen molar-refractivity contribution in [3.63, 3.8) is 0 Å². The van der Waals surface area contributed by atoms with Crippen LogP contribution < -0.4 is 4.90 Å². The van der Waals surface area contributed by atoms with Crippen LogP contribution in [-0.4, -0.2) is 95.8 Å². The molecule has 2 aromatic heterocycles. The van der Waals surface area contributed by atoms with Crippen LogP contribution in [0, 0.1) is 0 Å². The molecule has 1 amide bonds. The van der Waals surface area contributed by atoms with E-state index >= 15 is 0 Å². The first-order chi connectivity index (χ1) is 16.9. The van der Waals surface area contributed by atoms with E-state index in [4.69, 9.17) is 4.74 Å². The summed E-state index contributed by atoms with van der Waals surface area (Å²) in [5.41, 5.74) is 1.73. The van der Waals surface area contributed by atoms with Gasteiger partial charge < -0.3 is 14.5 Å². The summed E-state index contributed by atoms with van der Waals surface area (Å²) in [4.78, 5) is 25.9. The maximum absolute atomic E-state index is 12.8. The molecule has 2 saturated heterocycles. The van der Waals surface area contributed by atoms with Crippen molar-refractivity contribution in [3.8, 4) is 0 Å². The Bertz CT molecular complexity index is 1300. The van der Waals surface area contributed by atoms with Gasteiger partial charge >= 0.3 is 0 Å². The summed E-state index contributed by atoms with van der Waals surface area (Å²) in [5.74, 6) is 0.950. The second-order valence-corrected chi connectivity index (χ2v) is 10.7. The lowest BCUT2D eigenvalue weighted by Gasteiger charge is -2.35. The SMILES string of the molecule is Cn1ncc2c(N3CCN(C(=O)CCc4ccc(S(=O)(=O)N5CCOCC5)cc4)CC3)ncnc21. The van der Waals surface area contributed by atoms with Gasteiger partial charge in [0.25, 0.3) is 0 Å². The summed E-state index contributed by atoms with van der Waals surface area (Å²) in [6, 6.07) is 6.86. The van der Waals surface area contributed by atoms with E-state index in [0.29, 0.717) is 65.3 Å². The molecule has 0 N–H and O–H groups in total. The van der Waals surface area contributed by atoms with Crippen molar-refractivity contribution >= 4 is 32.8 Å². The summed E-state index contributed by atoms with van der Waals surface area (Å²) in [5, 5.41) is 5.18. The second-order valence-electron chi connectivity index (χ2n) is 8.73. The first-order valence-electron chi connectivity index (χ1n) is 11.8.